The topological polar surface area (TPSA) is 55.1 Å². The highest BCUT2D eigenvalue weighted by atomic mass is 35.5. The summed E-state index contributed by atoms with van der Waals surface area (Å²) < 4.78 is 6.34. The van der Waals surface area contributed by atoms with E-state index >= 15 is 0 Å². The minimum atomic E-state index is -0.125. The zero-order valence-corrected chi connectivity index (χ0v) is 18.2. The average molecular weight is 419 g/mol. The Balaban J connectivity index is 1.89. The Labute approximate surface area is 180 Å². The molecule has 2 aromatic carbocycles. The maximum atomic E-state index is 13.2. The summed E-state index contributed by atoms with van der Waals surface area (Å²) in [6, 6.07) is 13.4. The van der Waals surface area contributed by atoms with Crippen molar-refractivity contribution in [2.24, 2.45) is 0 Å². The smallest absolute Gasteiger partial charge is 0.196 e. The molecular weight excluding hydrogens is 396 g/mol. The van der Waals surface area contributed by atoms with Gasteiger partial charge in [-0.05, 0) is 69.2 Å². The SMILES string of the molecule is Cc1ccc(NC(C)c2cc(C)cc3c(=O)c(C)c(-c4cccnc4)oc23)c(Cl)c1. The van der Waals surface area contributed by atoms with Gasteiger partial charge in [0.25, 0.3) is 0 Å². The summed E-state index contributed by atoms with van der Waals surface area (Å²) in [7, 11) is 0. The molecule has 0 fully saturated rings. The van der Waals surface area contributed by atoms with Crippen molar-refractivity contribution in [1.82, 2.24) is 4.98 Å². The molecule has 0 spiro atoms. The minimum Gasteiger partial charge on any atom is -0.455 e. The van der Waals surface area contributed by atoms with Gasteiger partial charge in [0, 0.05) is 29.1 Å². The summed E-state index contributed by atoms with van der Waals surface area (Å²) in [6.07, 6.45) is 3.41. The highest BCUT2D eigenvalue weighted by Crippen LogP contribution is 2.33. The van der Waals surface area contributed by atoms with E-state index in [9.17, 15) is 4.79 Å². The number of hydrogen-bond acceptors (Lipinski definition) is 4. The number of pyridine rings is 1. The summed E-state index contributed by atoms with van der Waals surface area (Å²) >= 11 is 6.42. The van der Waals surface area contributed by atoms with Gasteiger partial charge < -0.3 is 9.73 Å². The minimum absolute atomic E-state index is 0.0272. The van der Waals surface area contributed by atoms with Crippen LogP contribution in [0.5, 0.6) is 0 Å². The monoisotopic (exact) mass is 418 g/mol. The van der Waals surface area contributed by atoms with Crippen LogP contribution in [0.25, 0.3) is 22.3 Å². The number of hydrogen-bond donors (Lipinski definition) is 1. The lowest BCUT2D eigenvalue weighted by atomic mass is 9.99. The van der Waals surface area contributed by atoms with E-state index in [2.05, 4.69) is 10.3 Å². The van der Waals surface area contributed by atoms with Gasteiger partial charge in [-0.3, -0.25) is 9.78 Å². The molecule has 5 heteroatoms. The van der Waals surface area contributed by atoms with E-state index in [1.807, 2.05) is 63.2 Å². The van der Waals surface area contributed by atoms with E-state index in [1.54, 1.807) is 19.3 Å². The number of nitrogens with one attached hydrogen (secondary N) is 1. The number of fused-ring (bicyclic) bond motifs is 1. The molecule has 0 aliphatic heterocycles. The Hall–Kier alpha value is -3.11. The predicted octanol–water partition coefficient (Wildman–Crippen LogP) is 6.61. The van der Waals surface area contributed by atoms with Gasteiger partial charge in [-0.15, -0.1) is 0 Å². The number of halogens is 1. The second-order valence-electron chi connectivity index (χ2n) is 7.71. The van der Waals surface area contributed by atoms with E-state index in [1.165, 1.54) is 0 Å². The molecule has 0 saturated heterocycles. The highest BCUT2D eigenvalue weighted by Gasteiger charge is 2.19. The predicted molar refractivity (Wildman–Crippen MR) is 123 cm³/mol. The number of nitrogens with zero attached hydrogens (tertiary/aromatic N) is 1. The molecule has 152 valence electrons. The molecule has 0 radical (unpaired) electrons. The normalized spacial score (nSPS) is 12.2. The average Bonchev–Trinajstić information content (AvgIpc) is 2.73. The second kappa shape index (κ2) is 7.96. The first-order valence-corrected chi connectivity index (χ1v) is 10.2. The van der Waals surface area contributed by atoms with E-state index in [0.29, 0.717) is 27.3 Å². The lowest BCUT2D eigenvalue weighted by Gasteiger charge is -2.19. The van der Waals surface area contributed by atoms with Crippen molar-refractivity contribution < 1.29 is 4.42 Å². The van der Waals surface area contributed by atoms with Gasteiger partial charge in [-0.1, -0.05) is 23.7 Å². The maximum Gasteiger partial charge on any atom is 0.196 e. The zero-order chi connectivity index (χ0) is 21.4. The Morgan fingerprint density at radius 3 is 2.57 bits per heavy atom. The van der Waals surface area contributed by atoms with Gasteiger partial charge in [0.05, 0.1) is 22.1 Å². The number of aromatic nitrogens is 1. The second-order valence-corrected chi connectivity index (χ2v) is 8.11. The van der Waals surface area contributed by atoms with Gasteiger partial charge in [0.2, 0.25) is 0 Å². The molecule has 0 aliphatic rings. The van der Waals surface area contributed by atoms with Crippen LogP contribution in [0.2, 0.25) is 5.02 Å². The molecule has 1 unspecified atom stereocenters. The Kier molecular flexibility index (Phi) is 5.35. The molecule has 0 saturated carbocycles. The quantitative estimate of drug-likeness (QED) is 0.405. The molecule has 0 amide bonds. The van der Waals surface area contributed by atoms with Crippen LogP contribution >= 0.6 is 11.6 Å². The summed E-state index contributed by atoms with van der Waals surface area (Å²) in [5.41, 5.74) is 5.76. The van der Waals surface area contributed by atoms with Gasteiger partial charge >= 0.3 is 0 Å². The van der Waals surface area contributed by atoms with Crippen LogP contribution < -0.4 is 10.7 Å². The lowest BCUT2D eigenvalue weighted by molar-refractivity contribution is 0.605. The Bertz CT molecular complexity index is 1300. The third-order valence-corrected chi connectivity index (χ3v) is 5.59. The number of aryl methyl sites for hydroxylation is 2. The van der Waals surface area contributed by atoms with Crippen LogP contribution in [0, 0.1) is 20.8 Å². The molecule has 1 N–H and O–H groups in total. The molecule has 4 aromatic rings. The molecule has 0 bridgehead atoms. The molecular formula is C25H23ClN2O2. The first kappa shape index (κ1) is 20.2. The summed E-state index contributed by atoms with van der Waals surface area (Å²) in [5.74, 6) is 0.547. The van der Waals surface area contributed by atoms with Crippen molar-refractivity contribution in [3.63, 3.8) is 0 Å². The third kappa shape index (κ3) is 3.71. The number of rotatable bonds is 4. The van der Waals surface area contributed by atoms with E-state index in [-0.39, 0.29) is 11.5 Å². The fourth-order valence-electron chi connectivity index (χ4n) is 3.71. The van der Waals surface area contributed by atoms with Crippen molar-refractivity contribution >= 4 is 28.3 Å². The van der Waals surface area contributed by atoms with Gasteiger partial charge in [-0.2, -0.15) is 0 Å². The lowest BCUT2D eigenvalue weighted by Crippen LogP contribution is -2.12. The van der Waals surface area contributed by atoms with E-state index < -0.39 is 0 Å². The first-order chi connectivity index (χ1) is 14.3. The third-order valence-electron chi connectivity index (χ3n) is 5.28. The van der Waals surface area contributed by atoms with Crippen molar-refractivity contribution in [3.8, 4) is 11.3 Å². The van der Waals surface area contributed by atoms with Gasteiger partial charge in [-0.25, -0.2) is 0 Å². The fourth-order valence-corrected chi connectivity index (χ4v) is 4.00. The molecule has 30 heavy (non-hydrogen) atoms. The van der Waals surface area contributed by atoms with Gasteiger partial charge in [0.1, 0.15) is 11.3 Å². The molecule has 0 aliphatic carbocycles. The Morgan fingerprint density at radius 1 is 1.07 bits per heavy atom. The van der Waals surface area contributed by atoms with Crippen LogP contribution in [-0.4, -0.2) is 4.98 Å². The molecule has 4 rings (SSSR count). The summed E-state index contributed by atoms with van der Waals surface area (Å²) in [5, 5.41) is 4.70. The van der Waals surface area contributed by atoms with Crippen LogP contribution in [0.15, 0.2) is 64.1 Å². The molecule has 2 heterocycles. The van der Waals surface area contributed by atoms with E-state index in [4.69, 9.17) is 16.0 Å². The maximum absolute atomic E-state index is 13.2. The van der Waals surface area contributed by atoms with Crippen LogP contribution in [0.1, 0.15) is 35.2 Å². The zero-order valence-electron chi connectivity index (χ0n) is 17.4. The summed E-state index contributed by atoms with van der Waals surface area (Å²) in [6.45, 7) is 7.82. The molecule has 2 aromatic heterocycles. The Morgan fingerprint density at radius 2 is 1.87 bits per heavy atom. The highest BCUT2D eigenvalue weighted by molar-refractivity contribution is 6.33. The van der Waals surface area contributed by atoms with Crippen LogP contribution in [-0.2, 0) is 0 Å². The first-order valence-electron chi connectivity index (χ1n) is 9.86. The standard InChI is InChI=1S/C25H23ClN2O2/c1-14-7-8-22(21(26)12-14)28-17(4)19-10-15(2)11-20-23(29)16(3)24(30-25(19)20)18-6-5-9-27-13-18/h5-13,17,28H,1-4H3. The van der Waals surface area contributed by atoms with E-state index in [0.717, 1.165) is 27.9 Å². The largest absolute Gasteiger partial charge is 0.455 e. The van der Waals surface area contributed by atoms with Crippen molar-refractivity contribution in [3.05, 3.63) is 92.4 Å². The van der Waals surface area contributed by atoms with Crippen LogP contribution in [0.3, 0.4) is 0 Å². The van der Waals surface area contributed by atoms with Crippen molar-refractivity contribution in [2.45, 2.75) is 33.7 Å². The van der Waals surface area contributed by atoms with Crippen LogP contribution in [0.4, 0.5) is 5.69 Å². The summed E-state index contributed by atoms with van der Waals surface area (Å²) in [4.78, 5) is 17.3. The fraction of sp³-hybridized carbons (Fsp3) is 0.200. The van der Waals surface area contributed by atoms with Crippen molar-refractivity contribution in [2.75, 3.05) is 5.32 Å². The van der Waals surface area contributed by atoms with Crippen molar-refractivity contribution in [1.29, 1.82) is 0 Å². The van der Waals surface area contributed by atoms with Gasteiger partial charge in [0.15, 0.2) is 5.43 Å². The molecule has 1 atom stereocenters. The number of anilines is 1. The number of benzene rings is 2. The molecule has 4 nitrogen and oxygen atoms in total.